The van der Waals surface area contributed by atoms with Gasteiger partial charge in [0.25, 0.3) is 6.43 Å². The lowest BCUT2D eigenvalue weighted by Crippen LogP contribution is -2.28. The highest BCUT2D eigenvalue weighted by atomic mass is 35.5. The van der Waals surface area contributed by atoms with Crippen LogP contribution in [0.15, 0.2) is 41.8 Å². The molecular weight excluding hydrogens is 395 g/mol. The van der Waals surface area contributed by atoms with E-state index in [0.29, 0.717) is 15.6 Å². The summed E-state index contributed by atoms with van der Waals surface area (Å²) in [7, 11) is 0. The van der Waals surface area contributed by atoms with Gasteiger partial charge in [0, 0.05) is 16.1 Å². The first-order valence-electron chi connectivity index (χ1n) is 8.39. The molecule has 0 aromatic heterocycles. The smallest absolute Gasteiger partial charge is 0.257 e. The minimum atomic E-state index is -2.54. The van der Waals surface area contributed by atoms with Crippen LogP contribution < -0.4 is 5.73 Å². The zero-order valence-electron chi connectivity index (χ0n) is 13.8. The molecule has 0 amide bonds. The number of allylic oxidation sites excluding steroid dienone is 1. The Balaban J connectivity index is 1.68. The van der Waals surface area contributed by atoms with E-state index in [1.54, 1.807) is 18.2 Å². The van der Waals surface area contributed by atoms with Crippen LogP contribution in [0.1, 0.15) is 41.1 Å². The summed E-state index contributed by atoms with van der Waals surface area (Å²) in [6.45, 7) is 0. The largest absolute Gasteiger partial charge is 0.324 e. The summed E-state index contributed by atoms with van der Waals surface area (Å²) in [5.41, 5.74) is 10.8. The van der Waals surface area contributed by atoms with Crippen molar-refractivity contribution >= 4 is 40.5 Å². The van der Waals surface area contributed by atoms with Crippen LogP contribution in [0.4, 0.5) is 8.78 Å². The van der Waals surface area contributed by atoms with Crippen molar-refractivity contribution in [1.29, 1.82) is 0 Å². The van der Waals surface area contributed by atoms with Crippen LogP contribution in [0.2, 0.25) is 10.0 Å². The fourth-order valence-corrected chi connectivity index (χ4v) is 5.48. The van der Waals surface area contributed by atoms with E-state index in [-0.39, 0.29) is 12.5 Å². The van der Waals surface area contributed by atoms with Gasteiger partial charge in [-0.3, -0.25) is 0 Å². The monoisotopic (exact) mass is 411 g/mol. The number of hydrogen-bond donors (Lipinski definition) is 1. The predicted molar refractivity (Wildman–Crippen MR) is 106 cm³/mol. The molecule has 1 aliphatic heterocycles. The van der Waals surface area contributed by atoms with Gasteiger partial charge in [-0.25, -0.2) is 8.78 Å². The summed E-state index contributed by atoms with van der Waals surface area (Å²) in [5, 5.41) is 2.58. The van der Waals surface area contributed by atoms with Crippen molar-refractivity contribution in [3.63, 3.8) is 0 Å². The second-order valence-electron chi connectivity index (χ2n) is 6.84. The lowest BCUT2D eigenvalue weighted by Gasteiger charge is -2.28. The van der Waals surface area contributed by atoms with Crippen molar-refractivity contribution in [1.82, 2.24) is 0 Å². The second-order valence-corrected chi connectivity index (χ2v) is 8.92. The van der Waals surface area contributed by atoms with E-state index in [2.05, 4.69) is 6.07 Å². The van der Waals surface area contributed by atoms with Crippen LogP contribution in [0, 0.1) is 0 Å². The third-order valence-corrected chi connectivity index (χ3v) is 7.02. The molecule has 2 aromatic rings. The first-order chi connectivity index (χ1) is 12.4. The zero-order valence-corrected chi connectivity index (χ0v) is 16.1. The van der Waals surface area contributed by atoms with Gasteiger partial charge in [-0.15, -0.1) is 11.8 Å². The number of halogens is 4. The molecule has 136 valence electrons. The molecule has 4 rings (SSSR count). The van der Waals surface area contributed by atoms with Crippen LogP contribution in [-0.4, -0.2) is 6.43 Å². The van der Waals surface area contributed by atoms with Gasteiger partial charge in [0.1, 0.15) is 4.75 Å². The Morgan fingerprint density at radius 2 is 1.85 bits per heavy atom. The standard InChI is InChI=1S/C20H17Cl2F2NS/c21-15-6-14(7-16(22)8-15)20(19(23)24)9-13(10-26-20)11-1-3-17-12(5-11)2-4-18(17)25/h1,3,5-8,10,18-19H,2,4,9,25H2. The van der Waals surface area contributed by atoms with Gasteiger partial charge in [-0.2, -0.15) is 0 Å². The summed E-state index contributed by atoms with van der Waals surface area (Å²) in [5.74, 6) is 0. The van der Waals surface area contributed by atoms with Gasteiger partial charge in [0.05, 0.1) is 0 Å². The number of alkyl halides is 2. The molecule has 1 nitrogen and oxygen atoms in total. The predicted octanol–water partition coefficient (Wildman–Crippen LogP) is 6.58. The van der Waals surface area contributed by atoms with Gasteiger partial charge in [0.2, 0.25) is 0 Å². The highest BCUT2D eigenvalue weighted by Gasteiger charge is 2.46. The first-order valence-corrected chi connectivity index (χ1v) is 10.0. The number of nitrogens with two attached hydrogens (primary N) is 1. The van der Waals surface area contributed by atoms with E-state index in [1.165, 1.54) is 11.1 Å². The minimum absolute atomic E-state index is 0.0831. The van der Waals surface area contributed by atoms with E-state index < -0.39 is 11.2 Å². The van der Waals surface area contributed by atoms with Crippen LogP contribution in [0.5, 0.6) is 0 Å². The van der Waals surface area contributed by atoms with E-state index in [0.717, 1.165) is 35.7 Å². The maximum Gasteiger partial charge on any atom is 0.257 e. The molecule has 0 saturated heterocycles. The molecule has 2 atom stereocenters. The molecule has 0 fully saturated rings. The molecule has 1 aliphatic carbocycles. The van der Waals surface area contributed by atoms with Crippen LogP contribution in [0.3, 0.4) is 0 Å². The Labute approximate surface area is 165 Å². The van der Waals surface area contributed by atoms with Crippen molar-refractivity contribution in [2.75, 3.05) is 0 Å². The summed E-state index contributed by atoms with van der Waals surface area (Å²) < 4.78 is 26.9. The zero-order chi connectivity index (χ0) is 18.5. The Kier molecular flexibility index (Phi) is 4.81. The molecular formula is C20H17Cl2F2NS. The van der Waals surface area contributed by atoms with E-state index in [9.17, 15) is 8.78 Å². The van der Waals surface area contributed by atoms with E-state index >= 15 is 0 Å². The quantitative estimate of drug-likeness (QED) is 0.617. The Morgan fingerprint density at radius 1 is 1.12 bits per heavy atom. The number of rotatable bonds is 3. The molecule has 26 heavy (non-hydrogen) atoms. The summed E-state index contributed by atoms with van der Waals surface area (Å²) >= 11 is 13.3. The second kappa shape index (κ2) is 6.83. The number of aryl methyl sites for hydroxylation is 1. The lowest BCUT2D eigenvalue weighted by molar-refractivity contribution is 0.100. The molecule has 2 aliphatic rings. The molecule has 0 radical (unpaired) electrons. The van der Waals surface area contributed by atoms with Crippen LogP contribution >= 0.6 is 35.0 Å². The maximum absolute atomic E-state index is 14.1. The topological polar surface area (TPSA) is 26.0 Å². The van der Waals surface area contributed by atoms with Gasteiger partial charge >= 0.3 is 0 Å². The normalized spacial score (nSPS) is 24.8. The number of fused-ring (bicyclic) bond motifs is 1. The average Bonchev–Trinajstić information content (AvgIpc) is 3.19. The van der Waals surface area contributed by atoms with E-state index in [1.807, 2.05) is 17.5 Å². The van der Waals surface area contributed by atoms with Crippen LogP contribution in [0.25, 0.3) is 5.57 Å². The van der Waals surface area contributed by atoms with Gasteiger partial charge in [0.15, 0.2) is 0 Å². The lowest BCUT2D eigenvalue weighted by atomic mass is 9.88. The molecule has 0 spiro atoms. The maximum atomic E-state index is 14.1. The molecule has 0 bridgehead atoms. The third-order valence-electron chi connectivity index (χ3n) is 5.21. The van der Waals surface area contributed by atoms with Gasteiger partial charge in [-0.05, 0) is 70.7 Å². The van der Waals surface area contributed by atoms with Crippen molar-refractivity contribution in [2.24, 2.45) is 5.73 Å². The minimum Gasteiger partial charge on any atom is -0.324 e. The molecule has 0 saturated carbocycles. The Morgan fingerprint density at radius 3 is 2.54 bits per heavy atom. The van der Waals surface area contributed by atoms with Gasteiger partial charge < -0.3 is 5.73 Å². The summed E-state index contributed by atoms with van der Waals surface area (Å²) in [6, 6.07) is 10.9. The third kappa shape index (κ3) is 3.07. The number of hydrogen-bond acceptors (Lipinski definition) is 2. The van der Waals surface area contributed by atoms with Gasteiger partial charge in [-0.1, -0.05) is 41.4 Å². The van der Waals surface area contributed by atoms with Crippen molar-refractivity contribution in [3.05, 3.63) is 74.1 Å². The van der Waals surface area contributed by atoms with Crippen molar-refractivity contribution < 1.29 is 8.78 Å². The van der Waals surface area contributed by atoms with E-state index in [4.69, 9.17) is 28.9 Å². The highest BCUT2D eigenvalue weighted by molar-refractivity contribution is 8.03. The summed E-state index contributed by atoms with van der Waals surface area (Å²) in [6.07, 6.45) is -0.432. The molecule has 2 unspecified atom stereocenters. The Bertz CT molecular complexity index is 879. The molecule has 1 heterocycles. The van der Waals surface area contributed by atoms with Crippen molar-refractivity contribution in [3.8, 4) is 0 Å². The Hall–Kier alpha value is -1.07. The number of benzene rings is 2. The molecule has 6 heteroatoms. The SMILES string of the molecule is NC1CCc2cc(C3=CSC(c4cc(Cl)cc(Cl)c4)(C(F)F)C3)ccc21. The average molecular weight is 412 g/mol. The van der Waals surface area contributed by atoms with Crippen molar-refractivity contribution in [2.45, 2.75) is 36.5 Å². The highest BCUT2D eigenvalue weighted by Crippen LogP contribution is 2.55. The fraction of sp³-hybridized carbons (Fsp3) is 0.300. The molecule has 2 N–H and O–H groups in total. The summed E-state index contributed by atoms with van der Waals surface area (Å²) in [4.78, 5) is 0. The fourth-order valence-electron chi connectivity index (χ4n) is 3.79. The van der Waals surface area contributed by atoms with Crippen LogP contribution in [-0.2, 0) is 11.2 Å². The number of thioether (sulfide) groups is 1. The first kappa shape index (κ1) is 18.3. The molecule has 2 aromatic carbocycles.